The molecule has 0 unspecified atom stereocenters. The molecule has 0 spiro atoms. The van der Waals surface area contributed by atoms with Gasteiger partial charge in [0.2, 0.25) is 0 Å². The van der Waals surface area contributed by atoms with Crippen LogP contribution in [-0.4, -0.2) is 20.8 Å². The highest BCUT2D eigenvalue weighted by molar-refractivity contribution is 6.03. The predicted molar refractivity (Wildman–Crippen MR) is 117 cm³/mol. The first kappa shape index (κ1) is 21.3. The molecule has 164 valence electrons. The molecule has 0 radical (unpaired) electrons. The lowest BCUT2D eigenvalue weighted by molar-refractivity contribution is 0.101. The molecule has 32 heavy (non-hydrogen) atoms. The number of anilines is 1. The third-order valence-corrected chi connectivity index (χ3v) is 4.96. The number of hydrogen-bond donors (Lipinski definition) is 1. The van der Waals surface area contributed by atoms with Crippen molar-refractivity contribution < 1.29 is 18.4 Å². The molecule has 4 aromatic rings. The van der Waals surface area contributed by atoms with Crippen molar-refractivity contribution in [1.82, 2.24) is 14.9 Å². The number of carbonyl (C=O) groups is 1. The van der Waals surface area contributed by atoms with E-state index in [1.165, 1.54) is 12.3 Å². The summed E-state index contributed by atoms with van der Waals surface area (Å²) in [6, 6.07) is 12.4. The summed E-state index contributed by atoms with van der Waals surface area (Å²) in [7, 11) is 0. The van der Waals surface area contributed by atoms with Crippen LogP contribution in [0.15, 0.2) is 59.4 Å². The van der Waals surface area contributed by atoms with Crippen LogP contribution in [0.25, 0.3) is 0 Å². The number of rotatable bonds is 7. The highest BCUT2D eigenvalue weighted by atomic mass is 19.1. The monoisotopic (exact) mass is 434 g/mol. The number of nitrogens with zero attached hydrogens (tertiary/aromatic N) is 3. The fourth-order valence-electron chi connectivity index (χ4n) is 3.42. The van der Waals surface area contributed by atoms with E-state index in [2.05, 4.69) is 21.6 Å². The Balaban J connectivity index is 1.44. The first-order valence-corrected chi connectivity index (χ1v) is 10.1. The van der Waals surface area contributed by atoms with Gasteiger partial charge in [-0.1, -0.05) is 29.4 Å². The van der Waals surface area contributed by atoms with Gasteiger partial charge in [-0.2, -0.15) is 5.10 Å². The van der Waals surface area contributed by atoms with Gasteiger partial charge in [0.25, 0.3) is 5.91 Å². The van der Waals surface area contributed by atoms with E-state index in [0.717, 1.165) is 11.1 Å². The van der Waals surface area contributed by atoms with Crippen LogP contribution < -0.4 is 10.1 Å². The second-order valence-corrected chi connectivity index (χ2v) is 7.65. The van der Waals surface area contributed by atoms with Crippen LogP contribution in [0.4, 0.5) is 10.1 Å². The topological polar surface area (TPSA) is 82.2 Å². The fourth-order valence-corrected chi connectivity index (χ4v) is 3.42. The van der Waals surface area contributed by atoms with E-state index in [9.17, 15) is 9.18 Å². The fraction of sp³-hybridized carbons (Fsp3) is 0.208. The third kappa shape index (κ3) is 4.85. The number of benzene rings is 2. The number of aryl methyl sites for hydroxylation is 3. The molecule has 0 saturated carbocycles. The quantitative estimate of drug-likeness (QED) is 0.451. The van der Waals surface area contributed by atoms with Gasteiger partial charge in [-0.05, 0) is 50.1 Å². The minimum Gasteiger partial charge on any atom is -0.489 e. The van der Waals surface area contributed by atoms with Crippen molar-refractivity contribution in [2.75, 3.05) is 5.32 Å². The van der Waals surface area contributed by atoms with Crippen molar-refractivity contribution in [3.63, 3.8) is 0 Å². The first-order valence-electron chi connectivity index (χ1n) is 10.1. The maximum Gasteiger partial charge on any atom is 0.278 e. The zero-order valence-corrected chi connectivity index (χ0v) is 18.1. The minimum atomic E-state index is -0.439. The van der Waals surface area contributed by atoms with Gasteiger partial charge in [0, 0.05) is 11.8 Å². The Kier molecular flexibility index (Phi) is 6.02. The molecule has 8 heteroatoms. The van der Waals surface area contributed by atoms with Crippen LogP contribution in [0.3, 0.4) is 0 Å². The van der Waals surface area contributed by atoms with E-state index < -0.39 is 5.91 Å². The zero-order valence-electron chi connectivity index (χ0n) is 18.1. The normalized spacial score (nSPS) is 10.9. The van der Waals surface area contributed by atoms with Gasteiger partial charge < -0.3 is 14.6 Å². The molecule has 0 aliphatic rings. The molecule has 0 aliphatic heterocycles. The van der Waals surface area contributed by atoms with Crippen LogP contribution in [0.2, 0.25) is 0 Å². The van der Waals surface area contributed by atoms with Crippen molar-refractivity contribution in [3.05, 3.63) is 94.4 Å². The molecule has 0 atom stereocenters. The van der Waals surface area contributed by atoms with Crippen LogP contribution >= 0.6 is 0 Å². The average Bonchev–Trinajstić information content (AvgIpc) is 3.33. The van der Waals surface area contributed by atoms with Crippen molar-refractivity contribution in [3.8, 4) is 5.75 Å². The molecule has 7 nitrogen and oxygen atoms in total. The molecule has 1 amide bonds. The van der Waals surface area contributed by atoms with Crippen molar-refractivity contribution in [2.24, 2.45) is 0 Å². The van der Waals surface area contributed by atoms with E-state index >= 15 is 0 Å². The Morgan fingerprint density at radius 3 is 2.66 bits per heavy atom. The van der Waals surface area contributed by atoms with Crippen molar-refractivity contribution in [2.45, 2.75) is 33.9 Å². The van der Waals surface area contributed by atoms with Gasteiger partial charge in [-0.25, -0.2) is 4.39 Å². The van der Waals surface area contributed by atoms with Crippen LogP contribution in [0.5, 0.6) is 5.75 Å². The molecule has 0 aliphatic carbocycles. The third-order valence-electron chi connectivity index (χ3n) is 4.96. The van der Waals surface area contributed by atoms with Crippen LogP contribution in [-0.2, 0) is 13.2 Å². The molecule has 4 rings (SSSR count). The Bertz CT molecular complexity index is 1240. The van der Waals surface area contributed by atoms with Crippen molar-refractivity contribution >= 4 is 11.6 Å². The van der Waals surface area contributed by atoms with Crippen molar-refractivity contribution in [1.29, 1.82) is 0 Å². The Morgan fingerprint density at radius 2 is 1.91 bits per heavy atom. The summed E-state index contributed by atoms with van der Waals surface area (Å²) in [4.78, 5) is 12.8. The smallest absolute Gasteiger partial charge is 0.278 e. The zero-order chi connectivity index (χ0) is 22.7. The number of carbonyl (C=O) groups excluding carboxylic acids is 1. The maximum absolute atomic E-state index is 13.9. The molecular weight excluding hydrogens is 411 g/mol. The molecule has 0 saturated heterocycles. The van der Waals surface area contributed by atoms with Gasteiger partial charge in [-0.15, -0.1) is 0 Å². The largest absolute Gasteiger partial charge is 0.489 e. The molecule has 0 fully saturated rings. The second kappa shape index (κ2) is 9.05. The summed E-state index contributed by atoms with van der Waals surface area (Å²) >= 11 is 0. The molecule has 0 bridgehead atoms. The van der Waals surface area contributed by atoms with Gasteiger partial charge in [-0.3, -0.25) is 9.48 Å². The van der Waals surface area contributed by atoms with Gasteiger partial charge in [0.15, 0.2) is 5.69 Å². The van der Waals surface area contributed by atoms with E-state index in [-0.39, 0.29) is 24.7 Å². The van der Waals surface area contributed by atoms with Crippen LogP contribution in [0, 0.1) is 26.6 Å². The first-order chi connectivity index (χ1) is 15.4. The summed E-state index contributed by atoms with van der Waals surface area (Å²) in [5.41, 5.74) is 3.87. The summed E-state index contributed by atoms with van der Waals surface area (Å²) in [6.45, 7) is 6.12. The van der Waals surface area contributed by atoms with E-state index in [0.29, 0.717) is 28.3 Å². The van der Waals surface area contributed by atoms with E-state index in [4.69, 9.17) is 9.26 Å². The Labute approximate surface area is 184 Å². The summed E-state index contributed by atoms with van der Waals surface area (Å²) in [6.07, 6.45) is 3.13. The maximum atomic E-state index is 13.9. The van der Waals surface area contributed by atoms with Crippen LogP contribution in [0.1, 0.15) is 38.5 Å². The minimum absolute atomic E-state index is 0.146. The molecule has 2 aromatic heterocycles. The summed E-state index contributed by atoms with van der Waals surface area (Å²) in [5.74, 6) is 0.477. The summed E-state index contributed by atoms with van der Waals surface area (Å²) < 4.78 is 26.5. The lowest BCUT2D eigenvalue weighted by Crippen LogP contribution is -2.15. The van der Waals surface area contributed by atoms with Gasteiger partial charge in [0.1, 0.15) is 23.9 Å². The molecule has 2 heterocycles. The average molecular weight is 434 g/mol. The number of amides is 1. The lowest BCUT2D eigenvalue weighted by Gasteiger charge is -2.08. The number of hydrogen-bond acceptors (Lipinski definition) is 5. The molecular formula is C24H23FN4O3. The number of ether oxygens (including phenoxy) is 1. The predicted octanol–water partition coefficient (Wildman–Crippen LogP) is 4.82. The van der Waals surface area contributed by atoms with Gasteiger partial charge in [0.05, 0.1) is 24.0 Å². The van der Waals surface area contributed by atoms with E-state index in [1.54, 1.807) is 36.0 Å². The highest BCUT2D eigenvalue weighted by Crippen LogP contribution is 2.21. The highest BCUT2D eigenvalue weighted by Gasteiger charge is 2.21. The lowest BCUT2D eigenvalue weighted by atomic mass is 10.1. The SMILES string of the molecule is Cc1cc(C)cc(OCc2c(C(=O)Nc3cnn(Cc4ccccc4F)c3)noc2C)c1. The number of halogens is 1. The van der Waals surface area contributed by atoms with Gasteiger partial charge >= 0.3 is 0 Å². The standard InChI is InChI=1S/C24H23FN4O3/c1-15-8-16(2)10-20(9-15)31-14-21-17(3)32-28-23(21)24(30)27-19-11-26-29(13-19)12-18-6-4-5-7-22(18)25/h4-11,13H,12,14H2,1-3H3,(H,27,30). The van der Waals surface area contributed by atoms with E-state index in [1.807, 2.05) is 26.0 Å². The number of nitrogens with one attached hydrogen (secondary N) is 1. The number of aromatic nitrogens is 3. The Hall–Kier alpha value is -3.94. The summed E-state index contributed by atoms with van der Waals surface area (Å²) in [5, 5.41) is 10.8. The molecule has 2 aromatic carbocycles. The molecule has 1 N–H and O–H groups in total. The second-order valence-electron chi connectivity index (χ2n) is 7.65. The Morgan fingerprint density at radius 1 is 1.16 bits per heavy atom.